The standard InChI is InChI=1S/C25H26N4O3/c1-18-23(19(2)32-27-18)17-31-24-12-8-7-11-22(24)25(30)28(3)14-21-13-26-29(16-21)15-20-9-5-4-6-10-20/h4-13,16H,14-15,17H2,1-3H3. The number of para-hydroxylation sites is 1. The number of hydrogen-bond donors (Lipinski definition) is 0. The van der Waals surface area contributed by atoms with Crippen molar-refractivity contribution in [3.05, 3.63) is 101 Å². The SMILES string of the molecule is Cc1noc(C)c1COc1ccccc1C(=O)N(C)Cc1cnn(Cc2ccccc2)c1. The highest BCUT2D eigenvalue weighted by Gasteiger charge is 2.18. The van der Waals surface area contributed by atoms with Crippen molar-refractivity contribution >= 4 is 5.91 Å². The fourth-order valence-electron chi connectivity index (χ4n) is 3.52. The Labute approximate surface area is 187 Å². The van der Waals surface area contributed by atoms with Gasteiger partial charge in [0.25, 0.3) is 5.91 Å². The predicted octanol–water partition coefficient (Wildman–Crippen LogP) is 4.39. The molecule has 0 fully saturated rings. The number of nitrogens with zero attached hydrogens (tertiary/aromatic N) is 4. The zero-order valence-corrected chi connectivity index (χ0v) is 18.5. The molecule has 32 heavy (non-hydrogen) atoms. The molecule has 0 bridgehead atoms. The maximum Gasteiger partial charge on any atom is 0.257 e. The van der Waals surface area contributed by atoms with E-state index in [0.29, 0.717) is 31.0 Å². The van der Waals surface area contributed by atoms with Gasteiger partial charge in [0.2, 0.25) is 0 Å². The maximum atomic E-state index is 13.2. The molecule has 1 amide bonds. The molecule has 0 atom stereocenters. The van der Waals surface area contributed by atoms with E-state index in [1.165, 1.54) is 5.56 Å². The molecule has 2 heterocycles. The number of hydrogen-bond acceptors (Lipinski definition) is 5. The summed E-state index contributed by atoms with van der Waals surface area (Å²) in [6, 6.07) is 17.4. The summed E-state index contributed by atoms with van der Waals surface area (Å²) in [7, 11) is 1.78. The second-order valence-electron chi connectivity index (χ2n) is 7.78. The van der Waals surface area contributed by atoms with Crippen LogP contribution in [-0.4, -0.2) is 32.8 Å². The van der Waals surface area contributed by atoms with Gasteiger partial charge in [0.1, 0.15) is 18.1 Å². The van der Waals surface area contributed by atoms with Crippen molar-refractivity contribution in [1.82, 2.24) is 19.8 Å². The quantitative estimate of drug-likeness (QED) is 0.415. The lowest BCUT2D eigenvalue weighted by atomic mass is 10.1. The average molecular weight is 431 g/mol. The third kappa shape index (κ3) is 4.88. The van der Waals surface area contributed by atoms with Crippen molar-refractivity contribution in [1.29, 1.82) is 0 Å². The summed E-state index contributed by atoms with van der Waals surface area (Å²) in [4.78, 5) is 14.8. The largest absolute Gasteiger partial charge is 0.488 e. The Morgan fingerprint density at radius 3 is 2.56 bits per heavy atom. The number of rotatable bonds is 8. The lowest BCUT2D eigenvalue weighted by Crippen LogP contribution is -2.26. The van der Waals surface area contributed by atoms with Gasteiger partial charge in [-0.05, 0) is 31.5 Å². The third-order valence-corrected chi connectivity index (χ3v) is 5.31. The van der Waals surface area contributed by atoms with E-state index in [9.17, 15) is 4.79 Å². The minimum absolute atomic E-state index is 0.116. The Bertz CT molecular complexity index is 1180. The third-order valence-electron chi connectivity index (χ3n) is 5.31. The van der Waals surface area contributed by atoms with E-state index in [0.717, 1.165) is 22.6 Å². The number of carbonyl (C=O) groups excluding carboxylic acids is 1. The fraction of sp³-hybridized carbons (Fsp3) is 0.240. The molecule has 0 unspecified atom stereocenters. The zero-order valence-electron chi connectivity index (χ0n) is 18.5. The van der Waals surface area contributed by atoms with Crippen LogP contribution in [0.2, 0.25) is 0 Å². The average Bonchev–Trinajstić information content (AvgIpc) is 3.38. The van der Waals surface area contributed by atoms with Gasteiger partial charge in [-0.3, -0.25) is 9.48 Å². The molecular formula is C25H26N4O3. The Balaban J connectivity index is 1.42. The second-order valence-corrected chi connectivity index (χ2v) is 7.78. The van der Waals surface area contributed by atoms with E-state index in [1.54, 1.807) is 30.3 Å². The number of carbonyl (C=O) groups is 1. The van der Waals surface area contributed by atoms with Crippen LogP contribution in [0.25, 0.3) is 0 Å². The Morgan fingerprint density at radius 2 is 1.81 bits per heavy atom. The number of ether oxygens (including phenoxy) is 1. The van der Waals surface area contributed by atoms with Gasteiger partial charge < -0.3 is 14.2 Å². The van der Waals surface area contributed by atoms with E-state index in [4.69, 9.17) is 9.26 Å². The van der Waals surface area contributed by atoms with E-state index in [1.807, 2.05) is 55.1 Å². The van der Waals surface area contributed by atoms with E-state index >= 15 is 0 Å². The predicted molar refractivity (Wildman–Crippen MR) is 120 cm³/mol. The first kappa shape index (κ1) is 21.4. The molecule has 0 aliphatic rings. The molecule has 2 aromatic heterocycles. The first-order valence-corrected chi connectivity index (χ1v) is 10.5. The van der Waals surface area contributed by atoms with Crippen molar-refractivity contribution in [3.63, 3.8) is 0 Å². The topological polar surface area (TPSA) is 73.4 Å². The molecule has 0 aliphatic carbocycles. The Hall–Kier alpha value is -3.87. The fourth-order valence-corrected chi connectivity index (χ4v) is 3.52. The smallest absolute Gasteiger partial charge is 0.257 e. The van der Waals surface area contributed by atoms with Crippen LogP contribution in [-0.2, 0) is 19.7 Å². The summed E-state index contributed by atoms with van der Waals surface area (Å²) in [6.45, 7) is 5.16. The first-order chi connectivity index (χ1) is 15.5. The lowest BCUT2D eigenvalue weighted by molar-refractivity contribution is 0.0780. The van der Waals surface area contributed by atoms with Crippen molar-refractivity contribution in [2.45, 2.75) is 33.5 Å². The minimum Gasteiger partial charge on any atom is -0.488 e. The van der Waals surface area contributed by atoms with Gasteiger partial charge in [-0.2, -0.15) is 5.10 Å². The Kier molecular flexibility index (Phi) is 6.35. The summed E-state index contributed by atoms with van der Waals surface area (Å²) in [6.07, 6.45) is 3.77. The molecule has 0 spiro atoms. The summed E-state index contributed by atoms with van der Waals surface area (Å²) < 4.78 is 13.0. The normalized spacial score (nSPS) is 10.8. The van der Waals surface area contributed by atoms with Crippen molar-refractivity contribution in [2.24, 2.45) is 0 Å². The first-order valence-electron chi connectivity index (χ1n) is 10.5. The maximum absolute atomic E-state index is 13.2. The number of amides is 1. The van der Waals surface area contributed by atoms with Crippen LogP contribution < -0.4 is 4.74 Å². The highest BCUT2D eigenvalue weighted by Crippen LogP contribution is 2.23. The van der Waals surface area contributed by atoms with Gasteiger partial charge in [-0.1, -0.05) is 47.6 Å². The highest BCUT2D eigenvalue weighted by atomic mass is 16.5. The molecule has 0 N–H and O–H groups in total. The van der Waals surface area contributed by atoms with Gasteiger partial charge in [0, 0.05) is 25.4 Å². The number of aryl methyl sites for hydroxylation is 2. The molecular weight excluding hydrogens is 404 g/mol. The molecule has 4 rings (SSSR count). The molecule has 0 saturated carbocycles. The molecule has 164 valence electrons. The van der Waals surface area contributed by atoms with Crippen LogP contribution in [0.1, 0.15) is 38.5 Å². The van der Waals surface area contributed by atoms with Crippen molar-refractivity contribution < 1.29 is 14.1 Å². The lowest BCUT2D eigenvalue weighted by Gasteiger charge is -2.18. The highest BCUT2D eigenvalue weighted by molar-refractivity contribution is 5.96. The molecule has 0 saturated heterocycles. The van der Waals surface area contributed by atoms with Crippen LogP contribution in [0.5, 0.6) is 5.75 Å². The van der Waals surface area contributed by atoms with E-state index < -0.39 is 0 Å². The van der Waals surface area contributed by atoms with Crippen molar-refractivity contribution in [2.75, 3.05) is 7.05 Å². The van der Waals surface area contributed by atoms with Gasteiger partial charge in [-0.25, -0.2) is 0 Å². The minimum atomic E-state index is -0.116. The number of benzene rings is 2. The zero-order chi connectivity index (χ0) is 22.5. The van der Waals surface area contributed by atoms with Crippen molar-refractivity contribution in [3.8, 4) is 5.75 Å². The van der Waals surface area contributed by atoms with Crippen LogP contribution in [0, 0.1) is 13.8 Å². The van der Waals surface area contributed by atoms with Gasteiger partial charge >= 0.3 is 0 Å². The Morgan fingerprint density at radius 1 is 1.06 bits per heavy atom. The van der Waals surface area contributed by atoms with E-state index in [2.05, 4.69) is 22.4 Å². The summed E-state index contributed by atoms with van der Waals surface area (Å²) in [5.74, 6) is 1.13. The molecule has 0 aliphatic heterocycles. The second kappa shape index (κ2) is 9.51. The van der Waals surface area contributed by atoms with E-state index in [-0.39, 0.29) is 5.91 Å². The summed E-state index contributed by atoms with van der Waals surface area (Å²) in [5, 5.41) is 8.38. The summed E-state index contributed by atoms with van der Waals surface area (Å²) >= 11 is 0. The number of aromatic nitrogens is 3. The molecule has 0 radical (unpaired) electrons. The van der Waals surface area contributed by atoms with Gasteiger partial charge in [-0.15, -0.1) is 0 Å². The van der Waals surface area contributed by atoms with Crippen LogP contribution in [0.15, 0.2) is 71.5 Å². The molecule has 4 aromatic rings. The van der Waals surface area contributed by atoms with Crippen LogP contribution in [0.3, 0.4) is 0 Å². The van der Waals surface area contributed by atoms with Crippen LogP contribution in [0.4, 0.5) is 0 Å². The van der Waals surface area contributed by atoms with Crippen LogP contribution >= 0.6 is 0 Å². The summed E-state index contributed by atoms with van der Waals surface area (Å²) in [5.41, 5.74) is 4.34. The van der Waals surface area contributed by atoms with Gasteiger partial charge in [0.15, 0.2) is 0 Å². The molecule has 2 aromatic carbocycles. The monoisotopic (exact) mass is 430 g/mol. The van der Waals surface area contributed by atoms with Gasteiger partial charge in [0.05, 0.1) is 29.6 Å². The molecule has 7 heteroatoms. The molecule has 7 nitrogen and oxygen atoms in total.